The first-order chi connectivity index (χ1) is 15.3. The number of carbonyl (C=O) groups is 3. The average molecular weight is 470 g/mol. The first kappa shape index (κ1) is 23.5. The summed E-state index contributed by atoms with van der Waals surface area (Å²) in [4.78, 5) is 38.8. The molecular formula is C25H21Cl2NO4. The van der Waals surface area contributed by atoms with E-state index in [1.54, 1.807) is 24.3 Å². The van der Waals surface area contributed by atoms with Gasteiger partial charge in [-0.3, -0.25) is 9.59 Å². The van der Waals surface area contributed by atoms with Gasteiger partial charge in [0.2, 0.25) is 0 Å². The van der Waals surface area contributed by atoms with Crippen molar-refractivity contribution in [3.63, 3.8) is 0 Å². The number of halogens is 2. The van der Waals surface area contributed by atoms with Gasteiger partial charge in [-0.15, -0.1) is 0 Å². The van der Waals surface area contributed by atoms with Crippen LogP contribution in [0.2, 0.25) is 10.0 Å². The van der Waals surface area contributed by atoms with Gasteiger partial charge in [0, 0.05) is 23.6 Å². The van der Waals surface area contributed by atoms with E-state index in [9.17, 15) is 19.5 Å². The Balaban J connectivity index is 2.04. The summed E-state index contributed by atoms with van der Waals surface area (Å²) in [5.41, 5.74) is 2.04. The van der Waals surface area contributed by atoms with Crippen molar-refractivity contribution in [1.29, 1.82) is 0 Å². The van der Waals surface area contributed by atoms with Crippen LogP contribution in [0.5, 0.6) is 0 Å². The van der Waals surface area contributed by atoms with Gasteiger partial charge in [-0.25, -0.2) is 4.79 Å². The predicted octanol–water partition coefficient (Wildman–Crippen LogP) is 5.53. The summed E-state index contributed by atoms with van der Waals surface area (Å²) in [7, 11) is 0. The SMILES string of the molecule is CC(=O)c1cccc(CN(C(=O)c2ccc(Cl)cc2Cl)C(Cc2ccccc2)C(=O)O)c1. The van der Waals surface area contributed by atoms with E-state index in [4.69, 9.17) is 23.2 Å². The molecule has 1 atom stereocenters. The lowest BCUT2D eigenvalue weighted by atomic mass is 10.0. The monoisotopic (exact) mass is 469 g/mol. The number of nitrogens with zero attached hydrogens (tertiary/aromatic N) is 1. The Labute approximate surface area is 196 Å². The quantitative estimate of drug-likeness (QED) is 0.439. The van der Waals surface area contributed by atoms with Crippen LogP contribution in [0, 0.1) is 0 Å². The van der Waals surface area contributed by atoms with E-state index in [1.165, 1.54) is 30.0 Å². The minimum atomic E-state index is -1.15. The maximum absolute atomic E-state index is 13.5. The maximum Gasteiger partial charge on any atom is 0.326 e. The summed E-state index contributed by atoms with van der Waals surface area (Å²) in [6.07, 6.45) is 0.111. The van der Waals surface area contributed by atoms with Crippen LogP contribution >= 0.6 is 23.2 Å². The van der Waals surface area contributed by atoms with Crippen molar-refractivity contribution in [3.05, 3.63) is 105 Å². The van der Waals surface area contributed by atoms with Gasteiger partial charge in [0.05, 0.1) is 10.6 Å². The van der Waals surface area contributed by atoms with Gasteiger partial charge in [-0.05, 0) is 42.3 Å². The average Bonchev–Trinajstić information content (AvgIpc) is 2.76. The predicted molar refractivity (Wildman–Crippen MR) is 124 cm³/mol. The van der Waals surface area contributed by atoms with Crippen molar-refractivity contribution in [3.8, 4) is 0 Å². The Morgan fingerprint density at radius 1 is 0.906 bits per heavy atom. The molecule has 32 heavy (non-hydrogen) atoms. The fourth-order valence-corrected chi connectivity index (χ4v) is 3.88. The molecule has 0 aliphatic rings. The molecule has 0 spiro atoms. The lowest BCUT2D eigenvalue weighted by molar-refractivity contribution is -0.142. The highest BCUT2D eigenvalue weighted by molar-refractivity contribution is 6.36. The molecule has 3 aromatic carbocycles. The summed E-state index contributed by atoms with van der Waals surface area (Å²) in [5, 5.41) is 10.5. The van der Waals surface area contributed by atoms with Gasteiger partial charge in [0.15, 0.2) is 5.78 Å². The normalized spacial score (nSPS) is 11.6. The van der Waals surface area contributed by atoms with Crippen molar-refractivity contribution in [2.45, 2.75) is 25.9 Å². The molecule has 0 fully saturated rings. The first-order valence-electron chi connectivity index (χ1n) is 9.89. The third-order valence-corrected chi connectivity index (χ3v) is 5.59. The number of Topliss-reactive ketones (excluding diaryl/α,β-unsaturated/α-hetero) is 1. The standard InChI is InChI=1S/C25H21Cl2NO4/c1-16(29)19-9-5-8-18(12-19)15-28(24(30)21-11-10-20(26)14-22(21)27)23(25(31)32)13-17-6-3-2-4-7-17/h2-12,14,23H,13,15H2,1H3,(H,31,32). The molecule has 0 aromatic heterocycles. The van der Waals surface area contributed by atoms with E-state index in [2.05, 4.69) is 0 Å². The van der Waals surface area contributed by atoms with Gasteiger partial charge >= 0.3 is 5.97 Å². The molecule has 164 valence electrons. The summed E-state index contributed by atoms with van der Waals surface area (Å²) in [6.45, 7) is 1.44. The topological polar surface area (TPSA) is 74.7 Å². The molecule has 1 unspecified atom stereocenters. The number of carbonyl (C=O) groups excluding carboxylic acids is 2. The Kier molecular flexibility index (Phi) is 7.67. The van der Waals surface area contributed by atoms with Crippen LogP contribution in [0.4, 0.5) is 0 Å². The number of benzene rings is 3. The van der Waals surface area contributed by atoms with Gasteiger partial charge in [-0.2, -0.15) is 0 Å². The molecule has 0 saturated heterocycles. The van der Waals surface area contributed by atoms with Crippen LogP contribution in [0.3, 0.4) is 0 Å². The van der Waals surface area contributed by atoms with Crippen molar-refractivity contribution in [2.24, 2.45) is 0 Å². The second-order valence-corrected chi connectivity index (χ2v) is 8.20. The third-order valence-electron chi connectivity index (χ3n) is 5.04. The van der Waals surface area contributed by atoms with Gasteiger partial charge in [0.1, 0.15) is 6.04 Å². The first-order valence-corrected chi connectivity index (χ1v) is 10.6. The molecule has 0 heterocycles. The zero-order chi connectivity index (χ0) is 23.3. The van der Waals surface area contributed by atoms with Crippen LogP contribution in [-0.2, 0) is 17.8 Å². The summed E-state index contributed by atoms with van der Waals surface area (Å²) >= 11 is 12.2. The number of hydrogen-bond acceptors (Lipinski definition) is 3. The molecule has 0 aliphatic carbocycles. The number of amides is 1. The molecule has 7 heteroatoms. The number of carboxylic acid groups (broad SMARTS) is 1. The molecule has 3 aromatic rings. The van der Waals surface area contributed by atoms with Crippen LogP contribution in [0.25, 0.3) is 0 Å². The number of hydrogen-bond donors (Lipinski definition) is 1. The Morgan fingerprint density at radius 3 is 2.22 bits per heavy atom. The molecule has 0 bridgehead atoms. The van der Waals surface area contributed by atoms with Crippen LogP contribution in [0.15, 0.2) is 72.8 Å². The minimum absolute atomic E-state index is 0.0112. The largest absolute Gasteiger partial charge is 0.480 e. The van der Waals surface area contributed by atoms with Crippen LogP contribution in [0.1, 0.15) is 38.8 Å². The summed E-state index contributed by atoms with van der Waals surface area (Å²) in [6, 6.07) is 19.2. The molecule has 5 nitrogen and oxygen atoms in total. The highest BCUT2D eigenvalue weighted by Crippen LogP contribution is 2.25. The van der Waals surface area contributed by atoms with Crippen molar-refractivity contribution >= 4 is 40.9 Å². The van der Waals surface area contributed by atoms with Gasteiger partial charge in [-0.1, -0.05) is 71.7 Å². The molecule has 0 saturated carbocycles. The van der Waals surface area contributed by atoms with E-state index < -0.39 is 17.9 Å². The Hall–Kier alpha value is -3.15. The second kappa shape index (κ2) is 10.4. The van der Waals surface area contributed by atoms with Crippen molar-refractivity contribution in [2.75, 3.05) is 0 Å². The van der Waals surface area contributed by atoms with E-state index in [0.717, 1.165) is 5.56 Å². The van der Waals surface area contributed by atoms with Crippen LogP contribution < -0.4 is 0 Å². The molecule has 3 rings (SSSR count). The van der Waals surface area contributed by atoms with E-state index in [-0.39, 0.29) is 29.3 Å². The maximum atomic E-state index is 13.5. The van der Waals surface area contributed by atoms with Gasteiger partial charge < -0.3 is 10.0 Å². The Bertz CT molecular complexity index is 1150. The smallest absolute Gasteiger partial charge is 0.326 e. The summed E-state index contributed by atoms with van der Waals surface area (Å²) in [5.74, 6) is -1.80. The Morgan fingerprint density at radius 2 is 1.59 bits per heavy atom. The number of aliphatic carboxylic acids is 1. The number of ketones is 1. The zero-order valence-corrected chi connectivity index (χ0v) is 18.8. The lowest BCUT2D eigenvalue weighted by Gasteiger charge is -2.30. The third kappa shape index (κ3) is 5.75. The fraction of sp³-hybridized carbons (Fsp3) is 0.160. The molecule has 1 N–H and O–H groups in total. The van der Waals surface area contributed by atoms with E-state index in [0.29, 0.717) is 16.1 Å². The highest BCUT2D eigenvalue weighted by atomic mass is 35.5. The number of carboxylic acids is 1. The molecular weight excluding hydrogens is 449 g/mol. The second-order valence-electron chi connectivity index (χ2n) is 7.36. The van der Waals surface area contributed by atoms with Crippen molar-refractivity contribution in [1.82, 2.24) is 4.90 Å². The molecule has 0 radical (unpaired) electrons. The van der Waals surface area contributed by atoms with Crippen molar-refractivity contribution < 1.29 is 19.5 Å². The van der Waals surface area contributed by atoms with Gasteiger partial charge in [0.25, 0.3) is 5.91 Å². The minimum Gasteiger partial charge on any atom is -0.480 e. The fourth-order valence-electron chi connectivity index (χ4n) is 3.39. The lowest BCUT2D eigenvalue weighted by Crippen LogP contribution is -2.46. The summed E-state index contributed by atoms with van der Waals surface area (Å²) < 4.78 is 0. The van der Waals surface area contributed by atoms with Crippen LogP contribution in [-0.4, -0.2) is 33.7 Å². The molecule has 1 amide bonds. The number of rotatable bonds is 8. The molecule has 0 aliphatic heterocycles. The highest BCUT2D eigenvalue weighted by Gasteiger charge is 2.32. The zero-order valence-electron chi connectivity index (χ0n) is 17.3. The van der Waals surface area contributed by atoms with E-state index in [1.807, 2.05) is 30.3 Å². The van der Waals surface area contributed by atoms with E-state index >= 15 is 0 Å².